The van der Waals surface area contributed by atoms with Crippen molar-refractivity contribution in [3.63, 3.8) is 0 Å². The molecule has 2 rings (SSSR count). The number of halogens is 2. The third-order valence-corrected chi connectivity index (χ3v) is 3.77. The van der Waals surface area contributed by atoms with E-state index in [1.807, 2.05) is 0 Å². The Labute approximate surface area is 155 Å². The molecule has 0 fully saturated rings. The van der Waals surface area contributed by atoms with Gasteiger partial charge in [0.05, 0.1) is 6.54 Å². The van der Waals surface area contributed by atoms with Crippen molar-refractivity contribution in [3.8, 4) is 5.75 Å². The number of anilines is 1. The smallest absolute Gasteiger partial charge is 0.387 e. The molecule has 144 valence electrons. The largest absolute Gasteiger partial charge is 0.480 e. The molecule has 0 saturated heterocycles. The number of aliphatic carboxylic acids is 1. The second-order valence-corrected chi connectivity index (χ2v) is 5.86. The normalized spacial score (nSPS) is 10.5. The van der Waals surface area contributed by atoms with Crippen molar-refractivity contribution in [2.24, 2.45) is 0 Å². The molecule has 2 aromatic carbocycles. The van der Waals surface area contributed by atoms with Crippen molar-refractivity contribution in [1.82, 2.24) is 4.90 Å². The molecule has 6 nitrogen and oxygen atoms in total. The number of amides is 1. The first-order chi connectivity index (χ1) is 12.8. The molecule has 0 radical (unpaired) electrons. The summed E-state index contributed by atoms with van der Waals surface area (Å²) in [6.45, 7) is -3.04. The molecule has 1 amide bonds. The number of carbonyl (C=O) groups is 2. The first kappa shape index (κ1) is 20.2. The summed E-state index contributed by atoms with van der Waals surface area (Å²) in [6.07, 6.45) is 0. The van der Waals surface area contributed by atoms with Gasteiger partial charge in [-0.1, -0.05) is 30.3 Å². The molecule has 27 heavy (non-hydrogen) atoms. The van der Waals surface area contributed by atoms with Crippen LogP contribution >= 0.6 is 0 Å². The van der Waals surface area contributed by atoms with Crippen molar-refractivity contribution in [3.05, 3.63) is 60.2 Å². The number of carbonyl (C=O) groups excluding carboxylic acids is 1. The maximum Gasteiger partial charge on any atom is 0.387 e. The van der Waals surface area contributed by atoms with Crippen LogP contribution in [0, 0.1) is 0 Å². The second kappa shape index (κ2) is 9.51. The van der Waals surface area contributed by atoms with Crippen molar-refractivity contribution in [2.75, 3.05) is 25.0 Å². The van der Waals surface area contributed by atoms with Crippen molar-refractivity contribution in [1.29, 1.82) is 0 Å². The van der Waals surface area contributed by atoms with E-state index in [0.29, 0.717) is 5.69 Å². The van der Waals surface area contributed by atoms with Gasteiger partial charge in [-0.05, 0) is 29.8 Å². The summed E-state index contributed by atoms with van der Waals surface area (Å²) in [5, 5.41) is 9.09. The molecule has 0 aliphatic carbocycles. The molecule has 0 saturated carbocycles. The highest BCUT2D eigenvalue weighted by molar-refractivity contribution is 5.84. The number of benzene rings is 2. The van der Waals surface area contributed by atoms with Crippen molar-refractivity contribution >= 4 is 17.6 Å². The monoisotopic (exact) mass is 378 g/mol. The van der Waals surface area contributed by atoms with E-state index in [2.05, 4.69) is 4.74 Å². The highest BCUT2D eigenvalue weighted by atomic mass is 19.3. The predicted molar refractivity (Wildman–Crippen MR) is 95.8 cm³/mol. The van der Waals surface area contributed by atoms with Crippen LogP contribution in [0.15, 0.2) is 54.6 Å². The van der Waals surface area contributed by atoms with Gasteiger partial charge in [-0.2, -0.15) is 8.78 Å². The van der Waals surface area contributed by atoms with E-state index in [1.54, 1.807) is 49.5 Å². The third kappa shape index (κ3) is 6.58. The minimum atomic E-state index is -2.89. The number of likely N-dealkylation sites (N-methyl/N-ethyl adjacent to an activating group) is 1. The minimum absolute atomic E-state index is 0.0411. The number of para-hydroxylation sites is 1. The lowest BCUT2D eigenvalue weighted by Gasteiger charge is -2.25. The molecule has 1 N–H and O–H groups in total. The molecule has 2 aromatic rings. The summed E-state index contributed by atoms with van der Waals surface area (Å²) in [5.74, 6) is -1.27. The Morgan fingerprint density at radius 1 is 1.04 bits per heavy atom. The Kier molecular flexibility index (Phi) is 7.10. The molecular weight excluding hydrogens is 358 g/mol. The number of nitrogens with zero attached hydrogens (tertiary/aromatic N) is 2. The zero-order valence-corrected chi connectivity index (χ0v) is 14.7. The molecule has 0 aliphatic rings. The van der Waals surface area contributed by atoms with Gasteiger partial charge in [0, 0.05) is 19.3 Å². The average Bonchev–Trinajstić information content (AvgIpc) is 2.62. The van der Waals surface area contributed by atoms with E-state index in [1.165, 1.54) is 21.9 Å². The van der Waals surface area contributed by atoms with Crippen LogP contribution in [0.4, 0.5) is 14.5 Å². The van der Waals surface area contributed by atoms with Crippen LogP contribution < -0.4 is 9.64 Å². The van der Waals surface area contributed by atoms with Crippen LogP contribution in [0.25, 0.3) is 0 Å². The third-order valence-electron chi connectivity index (χ3n) is 3.77. The van der Waals surface area contributed by atoms with E-state index in [0.717, 1.165) is 5.56 Å². The molecule has 0 heterocycles. The molecule has 0 aliphatic heterocycles. The number of rotatable bonds is 9. The lowest BCUT2D eigenvalue weighted by atomic mass is 10.2. The van der Waals surface area contributed by atoms with Crippen molar-refractivity contribution < 1.29 is 28.2 Å². The van der Waals surface area contributed by atoms with E-state index >= 15 is 0 Å². The van der Waals surface area contributed by atoms with Gasteiger partial charge in [0.2, 0.25) is 5.91 Å². The molecule has 8 heteroatoms. The topological polar surface area (TPSA) is 70.1 Å². The Morgan fingerprint density at radius 2 is 1.67 bits per heavy atom. The average molecular weight is 378 g/mol. The van der Waals surface area contributed by atoms with E-state index in [4.69, 9.17) is 5.11 Å². The first-order valence-electron chi connectivity index (χ1n) is 8.14. The summed E-state index contributed by atoms with van der Waals surface area (Å²) in [5.41, 5.74) is 1.37. The van der Waals surface area contributed by atoms with Crippen LogP contribution in [0.5, 0.6) is 5.75 Å². The molecule has 0 atom stereocenters. The maximum atomic E-state index is 12.5. The van der Waals surface area contributed by atoms with Crippen LogP contribution in [0.3, 0.4) is 0 Å². The fourth-order valence-corrected chi connectivity index (χ4v) is 2.46. The second-order valence-electron chi connectivity index (χ2n) is 5.86. The number of hydrogen-bond acceptors (Lipinski definition) is 4. The van der Waals surface area contributed by atoms with Gasteiger partial charge < -0.3 is 19.6 Å². The predicted octanol–water partition coefficient (Wildman–Crippen LogP) is 2.84. The van der Waals surface area contributed by atoms with Gasteiger partial charge in [-0.15, -0.1) is 0 Å². The van der Waals surface area contributed by atoms with Gasteiger partial charge >= 0.3 is 12.6 Å². The number of carboxylic acid groups (broad SMARTS) is 1. The van der Waals surface area contributed by atoms with E-state index in [-0.39, 0.29) is 31.3 Å². The SMILES string of the molecule is CN(Cc1ccc(OC(F)F)cc1)C(=O)CN(CC(=O)O)c1ccccc1. The number of ether oxygens (including phenoxy) is 1. The summed E-state index contributed by atoms with van der Waals surface area (Å²) < 4.78 is 28.6. The van der Waals surface area contributed by atoms with Crippen LogP contribution in [-0.4, -0.2) is 48.6 Å². The Morgan fingerprint density at radius 3 is 2.22 bits per heavy atom. The number of carboxylic acids is 1. The number of alkyl halides is 2. The first-order valence-corrected chi connectivity index (χ1v) is 8.14. The molecule has 0 spiro atoms. The molecule has 0 aromatic heterocycles. The summed E-state index contributed by atoms with van der Waals surface area (Å²) in [4.78, 5) is 26.5. The number of hydrogen-bond donors (Lipinski definition) is 1. The standard InChI is InChI=1S/C19H20F2N2O4/c1-22(11-14-7-9-16(10-8-14)27-19(20)21)17(24)12-23(13-18(25)26)15-5-3-2-4-6-15/h2-10,19H,11-13H2,1H3,(H,25,26). The zero-order valence-electron chi connectivity index (χ0n) is 14.7. The van der Waals surface area contributed by atoms with Crippen LogP contribution in [-0.2, 0) is 16.1 Å². The van der Waals surface area contributed by atoms with Gasteiger partial charge in [-0.3, -0.25) is 9.59 Å². The van der Waals surface area contributed by atoms with Crippen molar-refractivity contribution in [2.45, 2.75) is 13.2 Å². The maximum absolute atomic E-state index is 12.5. The minimum Gasteiger partial charge on any atom is -0.480 e. The van der Waals surface area contributed by atoms with E-state index in [9.17, 15) is 18.4 Å². The van der Waals surface area contributed by atoms with E-state index < -0.39 is 12.6 Å². The zero-order chi connectivity index (χ0) is 19.8. The molecule has 0 unspecified atom stereocenters. The fraction of sp³-hybridized carbons (Fsp3) is 0.263. The highest BCUT2D eigenvalue weighted by Gasteiger charge is 2.17. The van der Waals surface area contributed by atoms with Crippen LogP contribution in [0.1, 0.15) is 5.56 Å². The van der Waals surface area contributed by atoms with Gasteiger partial charge in [0.25, 0.3) is 0 Å². The molecule has 0 bridgehead atoms. The molecular formula is C19H20F2N2O4. The summed E-state index contributed by atoms with van der Waals surface area (Å²) >= 11 is 0. The summed E-state index contributed by atoms with van der Waals surface area (Å²) in [6, 6.07) is 14.8. The lowest BCUT2D eigenvalue weighted by Crippen LogP contribution is -2.40. The summed E-state index contributed by atoms with van der Waals surface area (Å²) in [7, 11) is 1.59. The van der Waals surface area contributed by atoms with Gasteiger partial charge in [0.1, 0.15) is 12.3 Å². The Bertz CT molecular complexity index is 754. The quantitative estimate of drug-likeness (QED) is 0.727. The van der Waals surface area contributed by atoms with Crippen LogP contribution in [0.2, 0.25) is 0 Å². The lowest BCUT2D eigenvalue weighted by molar-refractivity contribution is -0.135. The van der Waals surface area contributed by atoms with Gasteiger partial charge in [-0.25, -0.2) is 0 Å². The Balaban J connectivity index is 1.99. The fourth-order valence-electron chi connectivity index (χ4n) is 2.46. The van der Waals surface area contributed by atoms with Gasteiger partial charge in [0.15, 0.2) is 0 Å². The Hall–Kier alpha value is -3.16. The highest BCUT2D eigenvalue weighted by Crippen LogP contribution is 2.17.